The van der Waals surface area contributed by atoms with Crippen molar-refractivity contribution < 1.29 is 9.47 Å². The van der Waals surface area contributed by atoms with E-state index in [1.54, 1.807) is 11.8 Å². The lowest BCUT2D eigenvalue weighted by Gasteiger charge is -2.22. The lowest BCUT2D eigenvalue weighted by atomic mass is 10.1. The van der Waals surface area contributed by atoms with Gasteiger partial charge in [-0.25, -0.2) is 0 Å². The lowest BCUT2D eigenvalue weighted by molar-refractivity contribution is 0.167. The van der Waals surface area contributed by atoms with Crippen LogP contribution in [0.15, 0.2) is 17.0 Å². The molecule has 88 valence electrons. The third-order valence-corrected chi connectivity index (χ3v) is 3.45. The van der Waals surface area contributed by atoms with Crippen molar-refractivity contribution in [1.82, 2.24) is 5.32 Å². The Hall–Kier alpha value is -0.870. The van der Waals surface area contributed by atoms with Gasteiger partial charge in [0.05, 0.1) is 4.90 Å². The molecule has 1 N–H and O–H groups in total. The Balaban J connectivity index is 2.31. The predicted octanol–water partition coefficient (Wildman–Crippen LogP) is 1.94. The maximum atomic E-state index is 5.70. The first-order valence-corrected chi connectivity index (χ1v) is 6.69. The molecule has 16 heavy (non-hydrogen) atoms. The molecule has 1 aliphatic rings. The summed E-state index contributed by atoms with van der Waals surface area (Å²) in [6.07, 6.45) is 3.10. The highest BCUT2D eigenvalue weighted by molar-refractivity contribution is 7.98. The van der Waals surface area contributed by atoms with Gasteiger partial charge >= 0.3 is 0 Å². The zero-order chi connectivity index (χ0) is 11.4. The van der Waals surface area contributed by atoms with Gasteiger partial charge in [0.2, 0.25) is 0 Å². The Morgan fingerprint density at radius 1 is 1.31 bits per heavy atom. The van der Waals surface area contributed by atoms with E-state index in [0.717, 1.165) is 24.5 Å². The second-order valence-electron chi connectivity index (χ2n) is 3.64. The van der Waals surface area contributed by atoms with Crippen molar-refractivity contribution in [2.45, 2.75) is 11.3 Å². The maximum Gasteiger partial charge on any atom is 0.175 e. The highest BCUT2D eigenvalue weighted by Crippen LogP contribution is 2.41. The summed E-state index contributed by atoms with van der Waals surface area (Å²) in [5, 5.41) is 3.17. The minimum Gasteiger partial charge on any atom is -0.486 e. The summed E-state index contributed by atoms with van der Waals surface area (Å²) < 4.78 is 11.3. The fraction of sp³-hybridized carbons (Fsp3) is 0.500. The fourth-order valence-electron chi connectivity index (χ4n) is 1.81. The van der Waals surface area contributed by atoms with Crippen LogP contribution >= 0.6 is 11.8 Å². The topological polar surface area (TPSA) is 30.5 Å². The standard InChI is InChI=1S/C12H17NO2S/c1-13-6-5-9-3-4-10-11(12(9)16-2)15-8-7-14-10/h3-4,13H,5-8H2,1-2H3. The monoisotopic (exact) mass is 239 g/mol. The molecule has 0 radical (unpaired) electrons. The average molecular weight is 239 g/mol. The van der Waals surface area contributed by atoms with E-state index in [0.29, 0.717) is 13.2 Å². The van der Waals surface area contributed by atoms with Gasteiger partial charge in [0.25, 0.3) is 0 Å². The van der Waals surface area contributed by atoms with Gasteiger partial charge in [-0.2, -0.15) is 0 Å². The zero-order valence-corrected chi connectivity index (χ0v) is 10.5. The Kier molecular flexibility index (Phi) is 3.96. The number of hydrogen-bond acceptors (Lipinski definition) is 4. The van der Waals surface area contributed by atoms with Gasteiger partial charge in [0, 0.05) is 0 Å². The highest BCUT2D eigenvalue weighted by Gasteiger charge is 2.18. The second-order valence-corrected chi connectivity index (χ2v) is 4.45. The molecular formula is C12H17NO2S. The van der Waals surface area contributed by atoms with E-state index in [1.165, 1.54) is 10.5 Å². The van der Waals surface area contributed by atoms with Crippen LogP contribution in [0.1, 0.15) is 5.56 Å². The van der Waals surface area contributed by atoms with Crippen LogP contribution in [0.2, 0.25) is 0 Å². The van der Waals surface area contributed by atoms with Gasteiger partial charge in [-0.15, -0.1) is 11.8 Å². The number of hydrogen-bond donors (Lipinski definition) is 1. The third-order valence-electron chi connectivity index (χ3n) is 2.59. The molecule has 0 amide bonds. The number of thioether (sulfide) groups is 1. The summed E-state index contributed by atoms with van der Waals surface area (Å²) in [7, 11) is 1.97. The van der Waals surface area contributed by atoms with Gasteiger partial charge in [0.15, 0.2) is 11.5 Å². The highest BCUT2D eigenvalue weighted by atomic mass is 32.2. The molecule has 0 spiro atoms. The molecule has 0 atom stereocenters. The number of ether oxygens (including phenoxy) is 2. The molecule has 1 aromatic carbocycles. The van der Waals surface area contributed by atoms with E-state index in [1.807, 2.05) is 13.1 Å². The van der Waals surface area contributed by atoms with Crippen LogP contribution in [0.4, 0.5) is 0 Å². The van der Waals surface area contributed by atoms with Crippen molar-refractivity contribution in [3.63, 3.8) is 0 Å². The third kappa shape index (κ3) is 2.28. The van der Waals surface area contributed by atoms with Gasteiger partial charge in [-0.3, -0.25) is 0 Å². The molecule has 0 saturated heterocycles. The van der Waals surface area contributed by atoms with Crippen molar-refractivity contribution in [2.75, 3.05) is 33.1 Å². The molecule has 0 saturated carbocycles. The van der Waals surface area contributed by atoms with Crippen molar-refractivity contribution in [3.8, 4) is 11.5 Å². The molecule has 0 aromatic heterocycles. The van der Waals surface area contributed by atoms with E-state index >= 15 is 0 Å². The second kappa shape index (κ2) is 5.46. The summed E-state index contributed by atoms with van der Waals surface area (Å²) in [6, 6.07) is 4.15. The van der Waals surface area contributed by atoms with Gasteiger partial charge in [0.1, 0.15) is 13.2 Å². The molecule has 1 heterocycles. The Bertz CT molecular complexity index is 368. The molecule has 1 aliphatic heterocycles. The molecule has 0 fully saturated rings. The molecular weight excluding hydrogens is 222 g/mol. The number of likely N-dealkylation sites (N-methyl/N-ethyl adjacent to an activating group) is 1. The first kappa shape index (κ1) is 11.6. The first-order chi connectivity index (χ1) is 7.86. The van der Waals surface area contributed by atoms with Crippen LogP contribution in [-0.2, 0) is 6.42 Å². The lowest BCUT2D eigenvalue weighted by Crippen LogP contribution is -2.17. The summed E-state index contributed by atoms with van der Waals surface area (Å²) in [4.78, 5) is 1.22. The minimum atomic E-state index is 0.649. The molecule has 3 nitrogen and oxygen atoms in total. The van der Waals surface area contributed by atoms with E-state index in [9.17, 15) is 0 Å². The smallest absolute Gasteiger partial charge is 0.175 e. The van der Waals surface area contributed by atoms with Crippen LogP contribution in [0.25, 0.3) is 0 Å². The number of rotatable bonds is 4. The Morgan fingerprint density at radius 2 is 2.12 bits per heavy atom. The van der Waals surface area contributed by atoms with Crippen LogP contribution < -0.4 is 14.8 Å². The largest absolute Gasteiger partial charge is 0.486 e. The predicted molar refractivity (Wildman–Crippen MR) is 66.8 cm³/mol. The van der Waals surface area contributed by atoms with Crippen molar-refractivity contribution in [3.05, 3.63) is 17.7 Å². The van der Waals surface area contributed by atoms with Crippen LogP contribution in [0, 0.1) is 0 Å². The van der Waals surface area contributed by atoms with E-state index in [4.69, 9.17) is 9.47 Å². The molecule has 4 heteroatoms. The van der Waals surface area contributed by atoms with Crippen LogP contribution in [-0.4, -0.2) is 33.1 Å². The van der Waals surface area contributed by atoms with Gasteiger partial charge in [-0.05, 0) is 37.9 Å². The van der Waals surface area contributed by atoms with Crippen molar-refractivity contribution in [2.24, 2.45) is 0 Å². The van der Waals surface area contributed by atoms with E-state index in [2.05, 4.69) is 17.6 Å². The summed E-state index contributed by atoms with van der Waals surface area (Å²) in [5.41, 5.74) is 1.33. The van der Waals surface area contributed by atoms with Crippen molar-refractivity contribution in [1.29, 1.82) is 0 Å². The molecule has 1 aromatic rings. The molecule has 0 aliphatic carbocycles. The van der Waals surface area contributed by atoms with Crippen LogP contribution in [0.3, 0.4) is 0 Å². The average Bonchev–Trinajstić information content (AvgIpc) is 2.35. The van der Waals surface area contributed by atoms with Gasteiger partial charge in [-0.1, -0.05) is 6.07 Å². The molecule has 0 bridgehead atoms. The minimum absolute atomic E-state index is 0.649. The normalized spacial score (nSPS) is 13.9. The molecule has 2 rings (SSSR count). The van der Waals surface area contributed by atoms with E-state index in [-0.39, 0.29) is 0 Å². The quantitative estimate of drug-likeness (QED) is 0.813. The Morgan fingerprint density at radius 3 is 2.88 bits per heavy atom. The van der Waals surface area contributed by atoms with Crippen LogP contribution in [0.5, 0.6) is 11.5 Å². The number of nitrogens with one attached hydrogen (secondary N) is 1. The first-order valence-electron chi connectivity index (χ1n) is 5.47. The summed E-state index contributed by atoms with van der Waals surface area (Å²) in [5.74, 6) is 1.80. The Labute approximate surface area is 101 Å². The molecule has 0 unspecified atom stereocenters. The van der Waals surface area contributed by atoms with Crippen molar-refractivity contribution >= 4 is 11.8 Å². The SMILES string of the molecule is CNCCc1ccc2c(c1SC)OCCO2. The zero-order valence-electron chi connectivity index (χ0n) is 9.71. The fourth-order valence-corrected chi connectivity index (χ4v) is 2.59. The van der Waals surface area contributed by atoms with E-state index < -0.39 is 0 Å². The number of benzene rings is 1. The number of fused-ring (bicyclic) bond motifs is 1. The maximum absolute atomic E-state index is 5.70. The summed E-state index contributed by atoms with van der Waals surface area (Å²) >= 11 is 1.73. The van der Waals surface area contributed by atoms with Gasteiger partial charge < -0.3 is 14.8 Å². The summed E-state index contributed by atoms with van der Waals surface area (Å²) in [6.45, 7) is 2.28.